The molecule has 8 aromatic carbocycles. The van der Waals surface area contributed by atoms with Crippen LogP contribution in [0.3, 0.4) is 0 Å². The minimum Gasteiger partial charge on any atom is -0.309 e. The van der Waals surface area contributed by atoms with Crippen LogP contribution in [0, 0.1) is 17.9 Å². The lowest BCUT2D eigenvalue weighted by molar-refractivity contribution is 1.07. The van der Waals surface area contributed by atoms with Gasteiger partial charge in [0, 0.05) is 43.9 Å². The molecule has 7 heteroatoms. The Morgan fingerprint density at radius 3 is 1.43 bits per heavy atom. The summed E-state index contributed by atoms with van der Waals surface area (Å²) in [6.07, 6.45) is 0. The van der Waals surface area contributed by atoms with E-state index in [1.807, 2.05) is 109 Å². The number of hydrogen-bond acceptors (Lipinski definition) is 4. The molecule has 0 N–H and O–H groups in total. The van der Waals surface area contributed by atoms with Crippen molar-refractivity contribution in [2.45, 2.75) is 0 Å². The van der Waals surface area contributed by atoms with Crippen molar-refractivity contribution in [3.63, 3.8) is 0 Å². The van der Waals surface area contributed by atoms with E-state index in [0.29, 0.717) is 28.7 Å². The van der Waals surface area contributed by atoms with Gasteiger partial charge in [-0.05, 0) is 65.7 Å². The molecule has 0 unspecified atom stereocenters. The van der Waals surface area contributed by atoms with Crippen LogP contribution in [0.1, 0.15) is 5.56 Å². The van der Waals surface area contributed by atoms with E-state index in [2.05, 4.69) is 98.9 Å². The number of rotatable bonds is 6. The molecule has 0 spiro atoms. The van der Waals surface area contributed by atoms with E-state index in [1.54, 1.807) is 0 Å². The van der Waals surface area contributed by atoms with Crippen molar-refractivity contribution in [1.82, 2.24) is 24.1 Å². The van der Waals surface area contributed by atoms with Gasteiger partial charge in [-0.25, -0.2) is 19.8 Å². The first-order valence-electron chi connectivity index (χ1n) is 19.6. The first-order chi connectivity index (χ1) is 29.6. The Labute approximate surface area is 345 Å². The van der Waals surface area contributed by atoms with Gasteiger partial charge in [0.2, 0.25) is 0 Å². The van der Waals surface area contributed by atoms with Crippen LogP contribution < -0.4 is 0 Å². The number of nitrogens with zero attached hydrogens (tertiary/aromatic N) is 7. The van der Waals surface area contributed by atoms with Crippen molar-refractivity contribution in [3.05, 3.63) is 205 Å². The Balaban J connectivity index is 1.08. The number of nitriles is 1. The third-order valence-electron chi connectivity index (χ3n) is 11.2. The van der Waals surface area contributed by atoms with Gasteiger partial charge in [-0.15, -0.1) is 0 Å². The van der Waals surface area contributed by atoms with Crippen molar-refractivity contribution < 1.29 is 0 Å². The van der Waals surface area contributed by atoms with Gasteiger partial charge < -0.3 is 9.13 Å². The summed E-state index contributed by atoms with van der Waals surface area (Å²) in [6.45, 7) is 7.31. The minimum absolute atomic E-state index is 0.494. The molecule has 0 aliphatic rings. The quantitative estimate of drug-likeness (QED) is 0.158. The molecule has 0 saturated heterocycles. The molecule has 60 heavy (non-hydrogen) atoms. The zero-order valence-electron chi connectivity index (χ0n) is 32.0. The van der Waals surface area contributed by atoms with Gasteiger partial charge in [-0.2, -0.15) is 5.26 Å². The van der Waals surface area contributed by atoms with E-state index in [4.69, 9.17) is 21.5 Å². The summed E-state index contributed by atoms with van der Waals surface area (Å²) in [5.41, 5.74) is 11.8. The van der Waals surface area contributed by atoms with Crippen molar-refractivity contribution >= 4 is 49.3 Å². The monoisotopic (exact) mass is 765 g/mol. The van der Waals surface area contributed by atoms with Crippen molar-refractivity contribution in [3.8, 4) is 62.7 Å². The molecular weight excluding hydrogens is 735 g/mol. The van der Waals surface area contributed by atoms with Gasteiger partial charge in [0.05, 0.1) is 39.9 Å². The fourth-order valence-electron chi connectivity index (χ4n) is 8.40. The number of para-hydroxylation sites is 2. The predicted octanol–water partition coefficient (Wildman–Crippen LogP) is 13.2. The molecular formula is C53H31N7. The van der Waals surface area contributed by atoms with E-state index in [9.17, 15) is 5.26 Å². The maximum absolute atomic E-state index is 10.8. The van der Waals surface area contributed by atoms with E-state index in [-0.39, 0.29) is 0 Å². The highest BCUT2D eigenvalue weighted by Gasteiger charge is 2.21. The van der Waals surface area contributed by atoms with Gasteiger partial charge in [0.1, 0.15) is 6.07 Å². The van der Waals surface area contributed by atoms with Gasteiger partial charge >= 0.3 is 0 Å². The first kappa shape index (κ1) is 34.6. The second-order valence-electron chi connectivity index (χ2n) is 14.7. The molecule has 0 radical (unpaired) electrons. The predicted molar refractivity (Wildman–Crippen MR) is 241 cm³/mol. The Morgan fingerprint density at radius 1 is 0.417 bits per heavy atom. The molecule has 0 atom stereocenters. The van der Waals surface area contributed by atoms with Gasteiger partial charge in [0.25, 0.3) is 0 Å². The SMILES string of the molecule is [C-]#[N+]c1ccc(-c2ccc(-n3c4ccccc4c4cc5c(cc43)c3ccccc3n5-c3ccc(-c4nc(-c5ccccc5)nc(-c5ccccc5)n4)cc3C#N)cc2)cc1. The lowest BCUT2D eigenvalue weighted by atomic mass is 10.0. The molecule has 11 aromatic rings. The Kier molecular flexibility index (Phi) is 8.11. The zero-order chi connectivity index (χ0) is 40.2. The number of hydrogen-bond donors (Lipinski definition) is 0. The second-order valence-corrected chi connectivity index (χ2v) is 14.7. The molecule has 0 amide bonds. The largest absolute Gasteiger partial charge is 0.309 e. The maximum atomic E-state index is 10.8. The molecule has 0 aliphatic carbocycles. The molecule has 7 nitrogen and oxygen atoms in total. The van der Waals surface area contributed by atoms with Crippen molar-refractivity contribution in [2.24, 2.45) is 0 Å². The second kappa shape index (κ2) is 14.1. The highest BCUT2D eigenvalue weighted by Crippen LogP contribution is 2.41. The normalized spacial score (nSPS) is 11.3. The Hall–Kier alpha value is -8.65. The van der Waals surface area contributed by atoms with E-state index in [1.165, 1.54) is 0 Å². The zero-order valence-corrected chi connectivity index (χ0v) is 32.0. The highest BCUT2D eigenvalue weighted by molar-refractivity contribution is 6.19. The van der Waals surface area contributed by atoms with Crippen LogP contribution >= 0.6 is 0 Å². The lowest BCUT2D eigenvalue weighted by Crippen LogP contribution is -2.02. The van der Waals surface area contributed by atoms with Crippen LogP contribution in [0.4, 0.5) is 5.69 Å². The summed E-state index contributed by atoms with van der Waals surface area (Å²) in [4.78, 5) is 18.3. The summed E-state index contributed by atoms with van der Waals surface area (Å²) in [7, 11) is 0. The van der Waals surface area contributed by atoms with E-state index >= 15 is 0 Å². The molecule has 0 aliphatic heterocycles. The average Bonchev–Trinajstić information content (AvgIpc) is 3.83. The number of aromatic nitrogens is 5. The van der Waals surface area contributed by atoms with Crippen molar-refractivity contribution in [2.75, 3.05) is 0 Å². The van der Waals surface area contributed by atoms with Crippen LogP contribution in [0.15, 0.2) is 188 Å². The average molecular weight is 766 g/mol. The third kappa shape index (κ3) is 5.69. The summed E-state index contributed by atoms with van der Waals surface area (Å²) < 4.78 is 4.55. The van der Waals surface area contributed by atoms with Gasteiger partial charge in [-0.3, -0.25) is 0 Å². The summed E-state index contributed by atoms with van der Waals surface area (Å²) in [6, 6.07) is 66.0. The topological polar surface area (TPSA) is 76.7 Å². The van der Waals surface area contributed by atoms with Crippen LogP contribution in [-0.4, -0.2) is 24.1 Å². The molecule has 278 valence electrons. The Morgan fingerprint density at radius 2 is 0.883 bits per heavy atom. The van der Waals surface area contributed by atoms with Gasteiger partial charge in [0.15, 0.2) is 23.2 Å². The fourth-order valence-corrected chi connectivity index (χ4v) is 8.40. The highest BCUT2D eigenvalue weighted by atomic mass is 15.0. The number of fused-ring (bicyclic) bond motifs is 6. The van der Waals surface area contributed by atoms with Gasteiger partial charge in [-0.1, -0.05) is 133 Å². The fraction of sp³-hybridized carbons (Fsp3) is 0. The van der Waals surface area contributed by atoms with Crippen molar-refractivity contribution in [1.29, 1.82) is 5.26 Å². The van der Waals surface area contributed by atoms with E-state index < -0.39 is 0 Å². The smallest absolute Gasteiger partial charge is 0.187 e. The molecule has 11 rings (SSSR count). The van der Waals surface area contributed by atoms with Crippen LogP contribution in [0.25, 0.3) is 105 Å². The summed E-state index contributed by atoms with van der Waals surface area (Å²) in [5, 5.41) is 15.3. The molecule has 3 heterocycles. The molecule has 0 bridgehead atoms. The minimum atomic E-state index is 0.494. The standard InChI is InChI=1S/C53H31N7/c1-55-40-25-20-34(21-26-40)35-22-27-41(28-23-35)59-47-18-10-8-16-42(47)44-32-50-45(31-49(44)59)43-17-9-11-19-48(43)60(50)46-29-24-38(30-39(46)33-54)53-57-51(36-12-4-2-5-13-36)56-52(58-53)37-14-6-3-7-15-37/h2-32H. The maximum Gasteiger partial charge on any atom is 0.187 e. The van der Waals surface area contributed by atoms with Crippen LogP contribution in [0.5, 0.6) is 0 Å². The molecule has 0 fully saturated rings. The first-order valence-corrected chi connectivity index (χ1v) is 19.6. The van der Waals surface area contributed by atoms with Crippen LogP contribution in [0.2, 0.25) is 0 Å². The number of benzene rings is 8. The lowest BCUT2D eigenvalue weighted by Gasteiger charge is -2.13. The van der Waals surface area contributed by atoms with E-state index in [0.717, 1.165) is 82.8 Å². The Bertz CT molecular complexity index is 3480. The molecule has 3 aromatic heterocycles. The molecule has 0 saturated carbocycles. The van der Waals surface area contributed by atoms with Crippen LogP contribution in [-0.2, 0) is 0 Å². The third-order valence-corrected chi connectivity index (χ3v) is 11.2. The summed E-state index contributed by atoms with van der Waals surface area (Å²) in [5.74, 6) is 1.63. The summed E-state index contributed by atoms with van der Waals surface area (Å²) >= 11 is 0.